The lowest BCUT2D eigenvalue weighted by Crippen LogP contribution is -2.56. The predicted molar refractivity (Wildman–Crippen MR) is 121 cm³/mol. The highest BCUT2D eigenvalue weighted by atomic mass is 19.1. The van der Waals surface area contributed by atoms with E-state index in [2.05, 4.69) is 10.6 Å². The molecule has 1 amide bonds. The summed E-state index contributed by atoms with van der Waals surface area (Å²) in [6.45, 7) is 8.78. The molecule has 2 N–H and O–H groups in total. The number of nitrogens with one attached hydrogen (secondary N) is 2. The van der Waals surface area contributed by atoms with Crippen LogP contribution in [-0.4, -0.2) is 42.0 Å². The average Bonchev–Trinajstić information content (AvgIpc) is 2.74. The lowest BCUT2D eigenvalue weighted by atomic mass is 9.85. The van der Waals surface area contributed by atoms with Crippen molar-refractivity contribution in [2.45, 2.75) is 58.4 Å². The Bertz CT molecular complexity index is 1050. The zero-order valence-corrected chi connectivity index (χ0v) is 19.4. The number of Topliss-reactive ketones (excluding diaryl/α,β-unsaturated/α-hetero) is 1. The van der Waals surface area contributed by atoms with Gasteiger partial charge < -0.3 is 20.1 Å². The van der Waals surface area contributed by atoms with Crippen LogP contribution in [0.4, 0.5) is 4.39 Å². The molecule has 1 aliphatic heterocycles. The van der Waals surface area contributed by atoms with E-state index in [1.807, 2.05) is 13.8 Å². The van der Waals surface area contributed by atoms with E-state index in [4.69, 9.17) is 9.47 Å². The number of halogens is 1. The minimum absolute atomic E-state index is 0.0107. The van der Waals surface area contributed by atoms with E-state index < -0.39 is 35.4 Å². The second kappa shape index (κ2) is 9.70. The normalized spacial score (nSPS) is 18.8. The number of fused-ring (bicyclic) bond motifs is 1. The summed E-state index contributed by atoms with van der Waals surface area (Å²) >= 11 is 0. The van der Waals surface area contributed by atoms with Crippen molar-refractivity contribution in [2.24, 2.45) is 0 Å². The molecule has 0 aliphatic carbocycles. The molecule has 0 saturated carbocycles. The zero-order valence-electron chi connectivity index (χ0n) is 19.4. The molecule has 3 rings (SSSR count). The van der Waals surface area contributed by atoms with Crippen molar-refractivity contribution in [3.63, 3.8) is 0 Å². The lowest BCUT2D eigenvalue weighted by molar-refractivity contribution is -0.164. The number of benzene rings is 2. The zero-order chi connectivity index (χ0) is 24.3. The number of carbonyl (C=O) groups excluding carboxylic acids is 3. The van der Waals surface area contributed by atoms with Gasteiger partial charge in [-0.2, -0.15) is 0 Å². The number of esters is 1. The molecule has 176 valence electrons. The van der Waals surface area contributed by atoms with Crippen molar-refractivity contribution < 1.29 is 28.2 Å². The smallest absolute Gasteiger partial charge is 0.320 e. The van der Waals surface area contributed by atoms with Crippen LogP contribution in [-0.2, 0) is 9.53 Å². The Labute approximate surface area is 192 Å². The number of ketones is 1. The summed E-state index contributed by atoms with van der Waals surface area (Å²) in [7, 11) is 0. The van der Waals surface area contributed by atoms with Gasteiger partial charge in [0.1, 0.15) is 17.2 Å². The molecule has 0 saturated heterocycles. The molecule has 2 aromatic rings. The van der Waals surface area contributed by atoms with Gasteiger partial charge in [0.2, 0.25) is 0 Å². The Morgan fingerprint density at radius 1 is 1.09 bits per heavy atom. The summed E-state index contributed by atoms with van der Waals surface area (Å²) in [4.78, 5) is 37.6. The predicted octanol–water partition coefficient (Wildman–Crippen LogP) is 3.58. The largest absolute Gasteiger partial charge is 0.484 e. The molecule has 33 heavy (non-hydrogen) atoms. The van der Waals surface area contributed by atoms with E-state index in [0.717, 1.165) is 0 Å². The van der Waals surface area contributed by atoms with E-state index in [1.165, 1.54) is 31.2 Å². The minimum atomic E-state index is -0.987. The fraction of sp³-hybridized carbons (Fsp3) is 0.400. The van der Waals surface area contributed by atoms with E-state index in [9.17, 15) is 18.8 Å². The maximum absolute atomic E-state index is 13.3. The van der Waals surface area contributed by atoms with Crippen molar-refractivity contribution >= 4 is 17.7 Å². The molecule has 0 spiro atoms. The number of hydrogen-bond donors (Lipinski definition) is 2. The molecule has 2 aromatic carbocycles. The highest BCUT2D eigenvalue weighted by Crippen LogP contribution is 2.42. The Morgan fingerprint density at radius 2 is 1.73 bits per heavy atom. The molecular weight excluding hydrogens is 427 g/mol. The van der Waals surface area contributed by atoms with E-state index in [1.54, 1.807) is 32.0 Å². The highest BCUT2D eigenvalue weighted by Gasteiger charge is 2.47. The monoisotopic (exact) mass is 456 g/mol. The van der Waals surface area contributed by atoms with Crippen LogP contribution >= 0.6 is 0 Å². The van der Waals surface area contributed by atoms with Gasteiger partial charge in [-0.1, -0.05) is 13.8 Å². The summed E-state index contributed by atoms with van der Waals surface area (Å²) in [5.41, 5.74) is 0.215. The van der Waals surface area contributed by atoms with Crippen LogP contribution in [0.25, 0.3) is 0 Å². The van der Waals surface area contributed by atoms with Crippen LogP contribution in [0, 0.1) is 5.82 Å². The number of carbonyl (C=O) groups is 3. The molecule has 0 bridgehead atoms. The molecule has 1 heterocycles. The molecule has 1 aliphatic rings. The Kier molecular flexibility index (Phi) is 7.17. The summed E-state index contributed by atoms with van der Waals surface area (Å²) in [6.07, 6.45) is -0.891. The van der Waals surface area contributed by atoms with Gasteiger partial charge in [0, 0.05) is 22.7 Å². The van der Waals surface area contributed by atoms with Crippen LogP contribution in [0.5, 0.6) is 5.75 Å². The molecule has 2 atom stereocenters. The van der Waals surface area contributed by atoms with Gasteiger partial charge in [0.15, 0.2) is 11.9 Å². The maximum Gasteiger partial charge on any atom is 0.320 e. The van der Waals surface area contributed by atoms with Gasteiger partial charge in [-0.3, -0.25) is 14.4 Å². The van der Waals surface area contributed by atoms with Crippen LogP contribution < -0.4 is 15.4 Å². The Morgan fingerprint density at radius 3 is 2.33 bits per heavy atom. The first-order valence-corrected chi connectivity index (χ1v) is 10.8. The third-order valence-corrected chi connectivity index (χ3v) is 5.42. The van der Waals surface area contributed by atoms with Gasteiger partial charge in [-0.05, 0) is 63.2 Å². The molecule has 0 unspecified atom stereocenters. The standard InChI is InChI=1S/C25H29FN2O5/c1-14(2)27-13-21(30)32-23-22(28-24(31)16-6-9-18(26)10-7-16)19-12-17(15(3)29)8-11-20(19)33-25(23,4)5/h6-12,14,22-23,27H,13H2,1-5H3,(H,28,31)/t22-,23+/m0/s1. The molecule has 8 heteroatoms. The fourth-order valence-electron chi connectivity index (χ4n) is 3.67. The fourth-order valence-corrected chi connectivity index (χ4v) is 3.67. The first-order valence-electron chi connectivity index (χ1n) is 10.8. The van der Waals surface area contributed by atoms with Gasteiger partial charge >= 0.3 is 5.97 Å². The minimum Gasteiger partial charge on any atom is -0.484 e. The number of ether oxygens (including phenoxy) is 2. The third kappa shape index (κ3) is 5.76. The van der Waals surface area contributed by atoms with Crippen molar-refractivity contribution in [2.75, 3.05) is 6.54 Å². The molecular formula is C25H29FN2O5. The van der Waals surface area contributed by atoms with Crippen molar-refractivity contribution in [1.29, 1.82) is 0 Å². The number of amides is 1. The Balaban J connectivity index is 2.00. The second-order valence-electron chi connectivity index (χ2n) is 8.92. The van der Waals surface area contributed by atoms with E-state index in [-0.39, 0.29) is 23.9 Å². The van der Waals surface area contributed by atoms with Gasteiger partial charge in [0.05, 0.1) is 12.6 Å². The average molecular weight is 457 g/mol. The quantitative estimate of drug-likeness (QED) is 0.489. The molecule has 0 radical (unpaired) electrons. The summed E-state index contributed by atoms with van der Waals surface area (Å²) in [5.74, 6) is -1.11. The Hall–Kier alpha value is -3.26. The van der Waals surface area contributed by atoms with Gasteiger partial charge in [0.25, 0.3) is 5.91 Å². The molecule has 0 fully saturated rings. The van der Waals surface area contributed by atoms with Crippen LogP contribution in [0.2, 0.25) is 0 Å². The van der Waals surface area contributed by atoms with Gasteiger partial charge in [-0.25, -0.2) is 4.39 Å². The first kappa shape index (κ1) is 24.4. The van der Waals surface area contributed by atoms with Crippen LogP contribution in [0.1, 0.15) is 66.9 Å². The van der Waals surface area contributed by atoms with E-state index in [0.29, 0.717) is 16.9 Å². The maximum atomic E-state index is 13.3. The first-order chi connectivity index (χ1) is 15.5. The van der Waals surface area contributed by atoms with Gasteiger partial charge in [-0.15, -0.1) is 0 Å². The third-order valence-electron chi connectivity index (χ3n) is 5.42. The van der Waals surface area contributed by atoms with E-state index >= 15 is 0 Å². The van der Waals surface area contributed by atoms with Crippen molar-refractivity contribution in [3.8, 4) is 5.75 Å². The number of rotatable bonds is 7. The lowest BCUT2D eigenvalue weighted by Gasteiger charge is -2.44. The van der Waals surface area contributed by atoms with Crippen LogP contribution in [0.15, 0.2) is 42.5 Å². The van der Waals surface area contributed by atoms with Crippen molar-refractivity contribution in [3.05, 3.63) is 65.0 Å². The summed E-state index contributed by atoms with van der Waals surface area (Å²) < 4.78 is 25.2. The molecule has 0 aromatic heterocycles. The summed E-state index contributed by atoms with van der Waals surface area (Å²) in [6, 6.07) is 9.36. The second-order valence-corrected chi connectivity index (χ2v) is 8.92. The van der Waals surface area contributed by atoms with Crippen LogP contribution in [0.3, 0.4) is 0 Å². The highest BCUT2D eigenvalue weighted by molar-refractivity contribution is 5.95. The molecule has 7 nitrogen and oxygen atoms in total. The SMILES string of the molecule is CC(=O)c1ccc2c(c1)[C@H](NC(=O)c1ccc(F)cc1)[C@@H](OC(=O)CNC(C)C)C(C)(C)O2. The van der Waals surface area contributed by atoms with Crippen molar-refractivity contribution in [1.82, 2.24) is 10.6 Å². The summed E-state index contributed by atoms with van der Waals surface area (Å²) in [5, 5.41) is 5.91. The topological polar surface area (TPSA) is 93.7 Å². The number of hydrogen-bond acceptors (Lipinski definition) is 6.